The Morgan fingerprint density at radius 3 is 2.53 bits per heavy atom. The van der Waals surface area contributed by atoms with E-state index >= 15 is 0 Å². The number of hydrogen-bond donors (Lipinski definition) is 2. The molecular weight excluding hydrogens is 289 g/mol. The van der Waals surface area contributed by atoms with E-state index in [1.54, 1.807) is 7.11 Å². The molecule has 0 aliphatic carbocycles. The van der Waals surface area contributed by atoms with E-state index in [4.69, 9.17) is 10.5 Å². The predicted molar refractivity (Wildman–Crippen MR) is 84.4 cm³/mol. The van der Waals surface area contributed by atoms with Gasteiger partial charge < -0.3 is 20.7 Å². The smallest absolute Gasteiger partial charge is 0.220 e. The van der Waals surface area contributed by atoms with Crippen LogP contribution in [-0.4, -0.2) is 57.2 Å². The van der Waals surface area contributed by atoms with Gasteiger partial charge in [0, 0.05) is 45.8 Å². The Morgan fingerprint density at radius 1 is 1.37 bits per heavy atom. The zero-order chi connectivity index (χ0) is 13.1. The molecule has 0 saturated carbocycles. The molecule has 0 spiro atoms. The Hall–Kier alpha value is -0.0700. The van der Waals surface area contributed by atoms with Crippen molar-refractivity contribution >= 4 is 30.7 Å². The summed E-state index contributed by atoms with van der Waals surface area (Å²) in [6.07, 6.45) is 2.28. The fourth-order valence-electron chi connectivity index (χ4n) is 1.42. The zero-order valence-corrected chi connectivity index (χ0v) is 13.8. The third kappa shape index (κ3) is 17.9. The molecule has 0 aliphatic rings. The Morgan fingerprint density at radius 2 is 2.00 bits per heavy atom. The lowest BCUT2D eigenvalue weighted by Gasteiger charge is -2.16. The molecule has 1 atom stereocenters. The maximum absolute atomic E-state index is 11.4. The fraction of sp³-hybridized carbons (Fsp3) is 0.917. The average Bonchev–Trinajstić information content (AvgIpc) is 2.27. The van der Waals surface area contributed by atoms with Crippen LogP contribution in [0.5, 0.6) is 0 Å². The van der Waals surface area contributed by atoms with Crippen LogP contribution >= 0.6 is 24.8 Å². The fourth-order valence-corrected chi connectivity index (χ4v) is 1.42. The summed E-state index contributed by atoms with van der Waals surface area (Å²) in [5.74, 6) is 0.0904. The number of halogens is 2. The van der Waals surface area contributed by atoms with Crippen molar-refractivity contribution in [2.24, 2.45) is 5.73 Å². The summed E-state index contributed by atoms with van der Waals surface area (Å²) in [5, 5.41) is 2.89. The average molecular weight is 318 g/mol. The number of carbonyl (C=O) groups is 1. The normalized spacial score (nSPS) is 11.4. The molecule has 3 N–H and O–H groups in total. The Balaban J connectivity index is -0.00000128. The van der Waals surface area contributed by atoms with Crippen LogP contribution in [0.25, 0.3) is 0 Å². The van der Waals surface area contributed by atoms with E-state index in [1.807, 2.05) is 14.0 Å². The summed E-state index contributed by atoms with van der Waals surface area (Å²) in [6, 6.07) is 0.0949. The number of methoxy groups -OCH3 is 1. The van der Waals surface area contributed by atoms with Gasteiger partial charge in [0.25, 0.3) is 0 Å². The van der Waals surface area contributed by atoms with Gasteiger partial charge in [0.2, 0.25) is 5.91 Å². The summed E-state index contributed by atoms with van der Waals surface area (Å²) in [4.78, 5) is 13.6. The van der Waals surface area contributed by atoms with Crippen molar-refractivity contribution in [3.05, 3.63) is 0 Å². The molecule has 1 amide bonds. The van der Waals surface area contributed by atoms with Crippen molar-refractivity contribution in [2.75, 3.05) is 40.4 Å². The number of ether oxygens (including phenoxy) is 1. The van der Waals surface area contributed by atoms with Gasteiger partial charge in [0.15, 0.2) is 0 Å². The van der Waals surface area contributed by atoms with Crippen molar-refractivity contribution in [3.8, 4) is 0 Å². The summed E-state index contributed by atoms with van der Waals surface area (Å²) in [5.41, 5.74) is 5.59. The van der Waals surface area contributed by atoms with Gasteiger partial charge in [-0.3, -0.25) is 4.79 Å². The summed E-state index contributed by atoms with van der Waals surface area (Å²) in [7, 11) is 3.75. The number of nitrogens with one attached hydrogen (secondary N) is 1. The van der Waals surface area contributed by atoms with Crippen molar-refractivity contribution in [2.45, 2.75) is 32.2 Å². The van der Waals surface area contributed by atoms with E-state index in [9.17, 15) is 4.79 Å². The third-order valence-electron chi connectivity index (χ3n) is 2.53. The third-order valence-corrected chi connectivity index (χ3v) is 2.53. The number of nitrogens with zero attached hydrogens (tertiary/aromatic N) is 1. The monoisotopic (exact) mass is 317 g/mol. The van der Waals surface area contributed by atoms with Gasteiger partial charge in [-0.1, -0.05) is 0 Å². The number of amides is 1. The Labute approximate surface area is 129 Å². The van der Waals surface area contributed by atoms with Gasteiger partial charge in [0.05, 0.1) is 0 Å². The molecule has 0 aromatic carbocycles. The van der Waals surface area contributed by atoms with Crippen LogP contribution in [0.4, 0.5) is 0 Å². The second-order valence-corrected chi connectivity index (χ2v) is 4.52. The summed E-state index contributed by atoms with van der Waals surface area (Å²) in [6.45, 7) is 5.25. The van der Waals surface area contributed by atoms with Crippen LogP contribution < -0.4 is 11.1 Å². The highest BCUT2D eigenvalue weighted by molar-refractivity contribution is 5.85. The molecule has 0 rings (SSSR count). The maximum atomic E-state index is 11.4. The van der Waals surface area contributed by atoms with Crippen molar-refractivity contribution in [1.29, 1.82) is 0 Å². The van der Waals surface area contributed by atoms with Crippen molar-refractivity contribution in [3.63, 3.8) is 0 Å². The Bertz CT molecular complexity index is 207. The van der Waals surface area contributed by atoms with E-state index in [1.165, 1.54) is 0 Å². The predicted octanol–water partition coefficient (Wildman–Crippen LogP) is 1.04. The standard InChI is InChI=1S/C12H27N3O2.2ClH/c1-11(13)5-6-12(16)14-7-9-15(2)8-4-10-17-3;;/h11H,4-10,13H2,1-3H3,(H,14,16);2*1H. The number of rotatable bonds is 10. The minimum Gasteiger partial charge on any atom is -0.385 e. The van der Waals surface area contributed by atoms with E-state index in [0.29, 0.717) is 13.0 Å². The van der Waals surface area contributed by atoms with Crippen LogP contribution in [0.15, 0.2) is 0 Å². The van der Waals surface area contributed by atoms with E-state index in [2.05, 4.69) is 10.2 Å². The molecule has 0 fully saturated rings. The molecule has 0 saturated heterocycles. The van der Waals surface area contributed by atoms with Gasteiger partial charge in [-0.25, -0.2) is 0 Å². The highest BCUT2D eigenvalue weighted by atomic mass is 35.5. The van der Waals surface area contributed by atoms with E-state index in [0.717, 1.165) is 32.5 Å². The van der Waals surface area contributed by atoms with Crippen molar-refractivity contribution < 1.29 is 9.53 Å². The first kappa shape index (κ1) is 24.0. The van der Waals surface area contributed by atoms with Gasteiger partial charge in [-0.2, -0.15) is 0 Å². The maximum Gasteiger partial charge on any atom is 0.220 e. The zero-order valence-electron chi connectivity index (χ0n) is 12.2. The molecule has 1 unspecified atom stereocenters. The lowest BCUT2D eigenvalue weighted by Crippen LogP contribution is -2.34. The van der Waals surface area contributed by atoms with Crippen molar-refractivity contribution in [1.82, 2.24) is 10.2 Å². The topological polar surface area (TPSA) is 67.6 Å². The second-order valence-electron chi connectivity index (χ2n) is 4.52. The lowest BCUT2D eigenvalue weighted by atomic mass is 10.2. The molecule has 0 aliphatic heterocycles. The molecule has 0 aromatic rings. The molecule has 19 heavy (non-hydrogen) atoms. The largest absolute Gasteiger partial charge is 0.385 e. The highest BCUT2D eigenvalue weighted by Gasteiger charge is 2.03. The first-order valence-electron chi connectivity index (χ1n) is 6.26. The molecule has 5 nitrogen and oxygen atoms in total. The molecule has 0 radical (unpaired) electrons. The van der Waals surface area contributed by atoms with Gasteiger partial charge in [0.1, 0.15) is 0 Å². The number of nitrogens with two attached hydrogens (primary N) is 1. The lowest BCUT2D eigenvalue weighted by molar-refractivity contribution is -0.121. The summed E-state index contributed by atoms with van der Waals surface area (Å²) >= 11 is 0. The number of likely N-dealkylation sites (N-methyl/N-ethyl adjacent to an activating group) is 1. The van der Waals surface area contributed by atoms with Crippen LogP contribution in [0.3, 0.4) is 0 Å². The minimum absolute atomic E-state index is 0. The first-order chi connectivity index (χ1) is 8.06. The Kier molecular flexibility index (Phi) is 20.2. The quantitative estimate of drug-likeness (QED) is 0.591. The molecule has 7 heteroatoms. The van der Waals surface area contributed by atoms with Crippen LogP contribution in [0.2, 0.25) is 0 Å². The van der Waals surface area contributed by atoms with E-state index < -0.39 is 0 Å². The summed E-state index contributed by atoms with van der Waals surface area (Å²) < 4.78 is 4.98. The molecule has 0 bridgehead atoms. The van der Waals surface area contributed by atoms with Crippen LogP contribution in [-0.2, 0) is 9.53 Å². The van der Waals surface area contributed by atoms with Gasteiger partial charge in [-0.15, -0.1) is 24.8 Å². The van der Waals surface area contributed by atoms with Crippen LogP contribution in [0.1, 0.15) is 26.2 Å². The van der Waals surface area contributed by atoms with Crippen LogP contribution in [0, 0.1) is 0 Å². The highest BCUT2D eigenvalue weighted by Crippen LogP contribution is 1.93. The number of hydrogen-bond acceptors (Lipinski definition) is 4. The minimum atomic E-state index is 0. The molecule has 118 valence electrons. The van der Waals surface area contributed by atoms with Gasteiger partial charge >= 0.3 is 0 Å². The molecule has 0 aromatic heterocycles. The number of carbonyl (C=O) groups excluding carboxylic acids is 1. The second kappa shape index (κ2) is 16.0. The molecule has 0 heterocycles. The van der Waals surface area contributed by atoms with E-state index in [-0.39, 0.29) is 36.8 Å². The molecular formula is C12H29Cl2N3O2. The first-order valence-corrected chi connectivity index (χ1v) is 6.26. The van der Waals surface area contributed by atoms with Gasteiger partial charge in [-0.05, 0) is 26.8 Å². The SMILES string of the molecule is COCCCN(C)CCNC(=O)CCC(C)N.Cl.Cl.